The molecule has 1 aromatic rings. The summed E-state index contributed by atoms with van der Waals surface area (Å²) in [6.07, 6.45) is 0. The first-order valence-electron chi connectivity index (χ1n) is 4.94. The molecule has 1 heterocycles. The molecule has 0 fully saturated rings. The Morgan fingerprint density at radius 2 is 2.29 bits per heavy atom. The van der Waals surface area contributed by atoms with Crippen molar-refractivity contribution < 1.29 is 4.74 Å². The van der Waals surface area contributed by atoms with Gasteiger partial charge in [-0.2, -0.15) is 0 Å². The lowest BCUT2D eigenvalue weighted by Crippen LogP contribution is -2.29. The van der Waals surface area contributed by atoms with Gasteiger partial charge in [0, 0.05) is 19.1 Å². The molecule has 0 saturated carbocycles. The van der Waals surface area contributed by atoms with Crippen LogP contribution in [0.25, 0.3) is 0 Å². The van der Waals surface area contributed by atoms with Crippen LogP contribution in [-0.4, -0.2) is 19.7 Å². The van der Waals surface area contributed by atoms with Crippen LogP contribution in [-0.2, 0) is 6.54 Å². The molecule has 2 rings (SSSR count). The van der Waals surface area contributed by atoms with Gasteiger partial charge >= 0.3 is 0 Å². The average molecular weight is 192 g/mol. The molecule has 1 aromatic carbocycles. The molecule has 3 heteroatoms. The van der Waals surface area contributed by atoms with Gasteiger partial charge in [0.05, 0.1) is 12.8 Å². The second-order valence-corrected chi connectivity index (χ2v) is 3.66. The van der Waals surface area contributed by atoms with E-state index in [1.807, 2.05) is 12.1 Å². The molecule has 76 valence electrons. The van der Waals surface area contributed by atoms with Crippen LogP contribution in [0.2, 0.25) is 0 Å². The van der Waals surface area contributed by atoms with Crippen LogP contribution in [0.3, 0.4) is 0 Å². The second kappa shape index (κ2) is 3.88. The van der Waals surface area contributed by atoms with E-state index in [-0.39, 0.29) is 0 Å². The minimum atomic E-state index is 0.493. The molecule has 0 amide bonds. The number of anilines is 1. The van der Waals surface area contributed by atoms with Gasteiger partial charge in [-0.3, -0.25) is 0 Å². The lowest BCUT2D eigenvalue weighted by molar-refractivity contribution is 0.416. The Hall–Kier alpha value is -1.22. The van der Waals surface area contributed by atoms with Gasteiger partial charge < -0.3 is 15.4 Å². The molecule has 0 spiro atoms. The number of nitrogens with one attached hydrogen (secondary N) is 2. The fraction of sp³-hybridized carbons (Fsp3) is 0.455. The third-order valence-electron chi connectivity index (χ3n) is 2.56. The molecule has 1 aliphatic heterocycles. The normalized spacial score (nSPS) is 20.6. The van der Waals surface area contributed by atoms with E-state index >= 15 is 0 Å². The van der Waals surface area contributed by atoms with Crippen LogP contribution in [0.15, 0.2) is 18.2 Å². The quantitative estimate of drug-likeness (QED) is 0.709. The monoisotopic (exact) mass is 192 g/mol. The summed E-state index contributed by atoms with van der Waals surface area (Å²) in [6.45, 7) is 4.01. The van der Waals surface area contributed by atoms with Crippen LogP contribution in [0, 0.1) is 0 Å². The standard InChI is InChI=1S/C11H16N2O/c1-8-6-13-11-9(7-12-8)4-3-5-10(11)14-2/h3-5,8,12-13H,6-7H2,1-2H3. The molecule has 0 radical (unpaired) electrons. The summed E-state index contributed by atoms with van der Waals surface area (Å²) in [5.41, 5.74) is 2.40. The number of methoxy groups -OCH3 is 1. The van der Waals surface area contributed by atoms with Gasteiger partial charge in [0.2, 0.25) is 0 Å². The summed E-state index contributed by atoms with van der Waals surface area (Å²) >= 11 is 0. The number of hydrogen-bond donors (Lipinski definition) is 2. The van der Waals surface area contributed by atoms with E-state index in [0.29, 0.717) is 6.04 Å². The van der Waals surface area contributed by atoms with Crippen molar-refractivity contribution in [2.45, 2.75) is 19.5 Å². The maximum Gasteiger partial charge on any atom is 0.142 e. The molecule has 14 heavy (non-hydrogen) atoms. The van der Waals surface area contributed by atoms with Gasteiger partial charge in [0.15, 0.2) is 0 Å². The lowest BCUT2D eigenvalue weighted by Gasteiger charge is -2.12. The minimum absolute atomic E-state index is 0.493. The Kier molecular flexibility index (Phi) is 2.59. The van der Waals surface area contributed by atoms with E-state index in [9.17, 15) is 0 Å². The molecule has 1 atom stereocenters. The van der Waals surface area contributed by atoms with Crippen LogP contribution in [0.4, 0.5) is 5.69 Å². The highest BCUT2D eigenvalue weighted by Gasteiger charge is 2.14. The molecular weight excluding hydrogens is 176 g/mol. The zero-order chi connectivity index (χ0) is 9.97. The van der Waals surface area contributed by atoms with Crippen molar-refractivity contribution >= 4 is 5.69 Å². The fourth-order valence-electron chi connectivity index (χ4n) is 1.71. The van der Waals surface area contributed by atoms with E-state index in [4.69, 9.17) is 4.74 Å². The maximum atomic E-state index is 5.31. The summed E-state index contributed by atoms with van der Waals surface area (Å²) < 4.78 is 5.31. The molecule has 0 saturated heterocycles. The van der Waals surface area contributed by atoms with Gasteiger partial charge in [-0.05, 0) is 18.6 Å². The van der Waals surface area contributed by atoms with E-state index in [2.05, 4.69) is 23.6 Å². The zero-order valence-electron chi connectivity index (χ0n) is 8.63. The summed E-state index contributed by atoms with van der Waals surface area (Å²) in [4.78, 5) is 0. The Labute approximate surface area is 84.5 Å². The Balaban J connectivity index is 2.35. The van der Waals surface area contributed by atoms with Crippen molar-refractivity contribution in [2.75, 3.05) is 19.0 Å². The predicted molar refractivity (Wildman–Crippen MR) is 57.8 cm³/mol. The van der Waals surface area contributed by atoms with Gasteiger partial charge in [-0.25, -0.2) is 0 Å². The van der Waals surface area contributed by atoms with Crippen LogP contribution in [0.1, 0.15) is 12.5 Å². The molecule has 0 bridgehead atoms. The SMILES string of the molecule is COc1cccc2c1NCC(C)NC2. The lowest BCUT2D eigenvalue weighted by atomic mass is 10.1. The van der Waals surface area contributed by atoms with Crippen molar-refractivity contribution in [1.29, 1.82) is 0 Å². The Morgan fingerprint density at radius 1 is 1.43 bits per heavy atom. The first kappa shape index (κ1) is 9.34. The number of benzene rings is 1. The Bertz CT molecular complexity index is 325. The van der Waals surface area contributed by atoms with Crippen molar-refractivity contribution in [2.24, 2.45) is 0 Å². The molecule has 0 aliphatic carbocycles. The minimum Gasteiger partial charge on any atom is -0.495 e. The molecule has 3 nitrogen and oxygen atoms in total. The van der Waals surface area contributed by atoms with Gasteiger partial charge in [-0.15, -0.1) is 0 Å². The second-order valence-electron chi connectivity index (χ2n) is 3.66. The number of hydrogen-bond acceptors (Lipinski definition) is 3. The Morgan fingerprint density at radius 3 is 3.07 bits per heavy atom. The highest BCUT2D eigenvalue weighted by Crippen LogP contribution is 2.29. The van der Waals surface area contributed by atoms with Gasteiger partial charge in [0.1, 0.15) is 5.75 Å². The van der Waals surface area contributed by atoms with E-state index < -0.39 is 0 Å². The predicted octanol–water partition coefficient (Wildman–Crippen LogP) is 1.60. The molecule has 1 aliphatic rings. The largest absolute Gasteiger partial charge is 0.495 e. The van der Waals surface area contributed by atoms with Crippen LogP contribution < -0.4 is 15.4 Å². The third kappa shape index (κ3) is 1.68. The first-order valence-corrected chi connectivity index (χ1v) is 4.94. The van der Waals surface area contributed by atoms with Crippen molar-refractivity contribution in [3.05, 3.63) is 23.8 Å². The molecule has 0 aromatic heterocycles. The van der Waals surface area contributed by atoms with Crippen molar-refractivity contribution in [3.63, 3.8) is 0 Å². The smallest absolute Gasteiger partial charge is 0.142 e. The third-order valence-corrected chi connectivity index (χ3v) is 2.56. The first-order chi connectivity index (χ1) is 6.81. The van der Waals surface area contributed by atoms with Crippen molar-refractivity contribution in [3.8, 4) is 5.75 Å². The molecule has 2 N–H and O–H groups in total. The van der Waals surface area contributed by atoms with E-state index in [1.54, 1.807) is 7.11 Å². The highest BCUT2D eigenvalue weighted by molar-refractivity contribution is 5.62. The highest BCUT2D eigenvalue weighted by atomic mass is 16.5. The number of fused-ring (bicyclic) bond motifs is 1. The average Bonchev–Trinajstić information content (AvgIpc) is 2.41. The summed E-state index contributed by atoms with van der Waals surface area (Å²) in [6, 6.07) is 6.63. The maximum absolute atomic E-state index is 5.31. The number of para-hydroxylation sites is 1. The van der Waals surface area contributed by atoms with Crippen LogP contribution >= 0.6 is 0 Å². The molecular formula is C11H16N2O. The van der Waals surface area contributed by atoms with E-state index in [1.165, 1.54) is 5.56 Å². The topological polar surface area (TPSA) is 33.3 Å². The fourth-order valence-corrected chi connectivity index (χ4v) is 1.71. The van der Waals surface area contributed by atoms with E-state index in [0.717, 1.165) is 24.5 Å². The summed E-state index contributed by atoms with van der Waals surface area (Å²) in [7, 11) is 1.71. The van der Waals surface area contributed by atoms with Crippen molar-refractivity contribution in [1.82, 2.24) is 5.32 Å². The summed E-state index contributed by atoms with van der Waals surface area (Å²) in [5.74, 6) is 0.929. The zero-order valence-corrected chi connectivity index (χ0v) is 8.63. The summed E-state index contributed by atoms with van der Waals surface area (Å²) in [5, 5.41) is 6.84. The van der Waals surface area contributed by atoms with Gasteiger partial charge in [0.25, 0.3) is 0 Å². The molecule has 1 unspecified atom stereocenters. The van der Waals surface area contributed by atoms with Gasteiger partial charge in [-0.1, -0.05) is 12.1 Å². The number of rotatable bonds is 1. The number of ether oxygens (including phenoxy) is 1. The van der Waals surface area contributed by atoms with Crippen LogP contribution in [0.5, 0.6) is 5.75 Å².